The third kappa shape index (κ3) is 6.49. The molecule has 39 heavy (non-hydrogen) atoms. The number of likely N-dealkylation sites (N-methyl/N-ethyl adjacent to an activating group) is 1. The summed E-state index contributed by atoms with van der Waals surface area (Å²) >= 11 is 0. The predicted molar refractivity (Wildman–Crippen MR) is 156 cm³/mol. The summed E-state index contributed by atoms with van der Waals surface area (Å²) < 4.78 is 5.45. The molecule has 1 fully saturated rings. The SMILES string of the molecule is CN(C)CC=CC(=O)Nc1ccnc(-c2cccc3c(N)nc(Nc4ccc(N5CCOCC5)cc4)nc23)c1. The smallest absolute Gasteiger partial charge is 0.248 e. The normalized spacial score (nSPS) is 13.8. The molecule has 0 radical (unpaired) electrons. The fourth-order valence-electron chi connectivity index (χ4n) is 4.35. The fourth-order valence-corrected chi connectivity index (χ4v) is 4.35. The highest BCUT2D eigenvalue weighted by molar-refractivity contribution is 6.01. The van der Waals surface area contributed by atoms with Gasteiger partial charge in [-0.3, -0.25) is 9.78 Å². The number of nitrogens with two attached hydrogens (primary N) is 1. The monoisotopic (exact) mass is 524 g/mol. The molecule has 4 aromatic rings. The van der Waals surface area contributed by atoms with E-state index in [1.54, 1.807) is 12.3 Å². The molecule has 0 spiro atoms. The van der Waals surface area contributed by atoms with Crippen molar-refractivity contribution < 1.29 is 9.53 Å². The van der Waals surface area contributed by atoms with Gasteiger partial charge in [-0.2, -0.15) is 4.98 Å². The number of rotatable bonds is 8. The fraction of sp³-hybridized carbons (Fsp3) is 0.241. The topological polar surface area (TPSA) is 122 Å². The van der Waals surface area contributed by atoms with Gasteiger partial charge in [0.25, 0.3) is 0 Å². The van der Waals surface area contributed by atoms with E-state index < -0.39 is 0 Å². The Bertz CT molecular complexity index is 1480. The number of ether oxygens (including phenoxy) is 1. The van der Waals surface area contributed by atoms with Crippen LogP contribution in [0, 0.1) is 0 Å². The number of anilines is 5. The van der Waals surface area contributed by atoms with Gasteiger partial charge in [0.2, 0.25) is 11.9 Å². The zero-order valence-electron chi connectivity index (χ0n) is 22.1. The Balaban J connectivity index is 1.39. The maximum absolute atomic E-state index is 12.3. The molecule has 10 nitrogen and oxygen atoms in total. The van der Waals surface area contributed by atoms with Crippen LogP contribution in [0.2, 0.25) is 0 Å². The Labute approximate surface area is 227 Å². The number of morpholine rings is 1. The van der Waals surface area contributed by atoms with E-state index in [2.05, 4.69) is 37.6 Å². The van der Waals surface area contributed by atoms with Gasteiger partial charge in [-0.1, -0.05) is 18.2 Å². The molecule has 1 aliphatic heterocycles. The van der Waals surface area contributed by atoms with Gasteiger partial charge in [-0.25, -0.2) is 4.98 Å². The summed E-state index contributed by atoms with van der Waals surface area (Å²) in [7, 11) is 3.89. The van der Waals surface area contributed by atoms with Crippen LogP contribution in [0.15, 0.2) is 72.9 Å². The molecule has 2 aromatic carbocycles. The van der Waals surface area contributed by atoms with Crippen LogP contribution in [-0.2, 0) is 9.53 Å². The number of hydrogen-bond acceptors (Lipinski definition) is 9. The predicted octanol–water partition coefficient (Wildman–Crippen LogP) is 3.91. The summed E-state index contributed by atoms with van der Waals surface area (Å²) in [5.41, 5.74) is 11.1. The molecule has 0 bridgehead atoms. The molecule has 0 unspecified atom stereocenters. The first-order valence-electron chi connectivity index (χ1n) is 12.8. The zero-order valence-corrected chi connectivity index (χ0v) is 22.1. The number of fused-ring (bicyclic) bond motifs is 1. The maximum atomic E-state index is 12.3. The van der Waals surface area contributed by atoms with Gasteiger partial charge in [0.1, 0.15) is 5.82 Å². The summed E-state index contributed by atoms with van der Waals surface area (Å²) in [4.78, 5) is 30.4. The van der Waals surface area contributed by atoms with Crippen molar-refractivity contribution in [2.24, 2.45) is 0 Å². The molecule has 1 amide bonds. The van der Waals surface area contributed by atoms with Gasteiger partial charge in [-0.05, 0) is 56.6 Å². The van der Waals surface area contributed by atoms with Crippen LogP contribution in [0.4, 0.5) is 28.8 Å². The van der Waals surface area contributed by atoms with Gasteiger partial charge in [0.05, 0.1) is 24.4 Å². The lowest BCUT2D eigenvalue weighted by Gasteiger charge is -2.28. The molecule has 0 aliphatic carbocycles. The van der Waals surface area contributed by atoms with Crippen molar-refractivity contribution in [3.05, 3.63) is 72.9 Å². The van der Waals surface area contributed by atoms with Crippen molar-refractivity contribution in [2.75, 3.05) is 68.2 Å². The number of pyridine rings is 1. The summed E-state index contributed by atoms with van der Waals surface area (Å²) in [6.07, 6.45) is 5.00. The summed E-state index contributed by atoms with van der Waals surface area (Å²) in [6, 6.07) is 17.4. The lowest BCUT2D eigenvalue weighted by molar-refractivity contribution is -0.111. The second kappa shape index (κ2) is 11.9. The number of aromatic nitrogens is 3. The van der Waals surface area contributed by atoms with E-state index in [1.807, 2.05) is 61.5 Å². The number of para-hydroxylation sites is 1. The summed E-state index contributed by atoms with van der Waals surface area (Å²) in [5, 5.41) is 6.90. The number of amides is 1. The standard InChI is InChI=1S/C29H32N8O2/c1-36(2)14-4-7-26(38)32-21-12-13-31-25(19-21)23-5-3-6-24-27(23)34-29(35-28(24)30)33-20-8-10-22(11-9-20)37-15-17-39-18-16-37/h3-13,19H,14-18H2,1-2H3,(H,31,32,38)(H3,30,33,34,35). The van der Waals surface area contributed by atoms with Crippen LogP contribution in [0.25, 0.3) is 22.2 Å². The van der Waals surface area contributed by atoms with Gasteiger partial charge < -0.3 is 30.9 Å². The van der Waals surface area contributed by atoms with Crippen molar-refractivity contribution in [3.63, 3.8) is 0 Å². The Morgan fingerprint density at radius 2 is 1.87 bits per heavy atom. The molecule has 0 atom stereocenters. The van der Waals surface area contributed by atoms with Gasteiger partial charge in [0.15, 0.2) is 0 Å². The Morgan fingerprint density at radius 3 is 2.64 bits per heavy atom. The molecule has 200 valence electrons. The van der Waals surface area contributed by atoms with Crippen LogP contribution in [0.3, 0.4) is 0 Å². The first kappa shape index (κ1) is 26.1. The van der Waals surface area contributed by atoms with Crippen molar-refractivity contribution in [3.8, 4) is 11.3 Å². The minimum atomic E-state index is -0.204. The van der Waals surface area contributed by atoms with Gasteiger partial charge in [-0.15, -0.1) is 0 Å². The van der Waals surface area contributed by atoms with E-state index in [0.717, 1.165) is 48.6 Å². The van der Waals surface area contributed by atoms with Crippen molar-refractivity contribution in [1.82, 2.24) is 19.9 Å². The molecule has 4 N–H and O–H groups in total. The molecular weight excluding hydrogens is 492 g/mol. The maximum Gasteiger partial charge on any atom is 0.248 e. The van der Waals surface area contributed by atoms with E-state index >= 15 is 0 Å². The number of nitrogen functional groups attached to an aromatic ring is 1. The number of hydrogen-bond donors (Lipinski definition) is 3. The first-order chi connectivity index (χ1) is 19.0. The van der Waals surface area contributed by atoms with E-state index in [-0.39, 0.29) is 5.91 Å². The van der Waals surface area contributed by atoms with E-state index in [9.17, 15) is 4.79 Å². The number of benzene rings is 2. The number of nitrogens with one attached hydrogen (secondary N) is 2. The third-order valence-corrected chi connectivity index (χ3v) is 6.30. The second-order valence-electron chi connectivity index (χ2n) is 9.49. The summed E-state index contributed by atoms with van der Waals surface area (Å²) in [5.74, 6) is 0.552. The Hall–Kier alpha value is -4.54. The quantitative estimate of drug-likeness (QED) is 0.295. The Kier molecular flexibility index (Phi) is 7.95. The average Bonchev–Trinajstić information content (AvgIpc) is 2.94. The van der Waals surface area contributed by atoms with Crippen LogP contribution < -0.4 is 21.3 Å². The van der Waals surface area contributed by atoms with E-state index in [4.69, 9.17) is 15.5 Å². The Morgan fingerprint density at radius 1 is 1.08 bits per heavy atom. The molecule has 2 aromatic heterocycles. The summed E-state index contributed by atoms with van der Waals surface area (Å²) in [6.45, 7) is 3.92. The molecule has 5 rings (SSSR count). The van der Waals surface area contributed by atoms with Crippen LogP contribution in [-0.4, -0.2) is 72.7 Å². The molecule has 0 saturated carbocycles. The first-order valence-corrected chi connectivity index (χ1v) is 12.8. The molecule has 10 heteroatoms. The van der Waals surface area contributed by atoms with Crippen LogP contribution in [0.5, 0.6) is 0 Å². The lowest BCUT2D eigenvalue weighted by Crippen LogP contribution is -2.36. The highest BCUT2D eigenvalue weighted by atomic mass is 16.5. The zero-order chi connectivity index (χ0) is 27.2. The molecule has 1 saturated heterocycles. The minimum absolute atomic E-state index is 0.204. The lowest BCUT2D eigenvalue weighted by atomic mass is 10.1. The number of carbonyl (C=O) groups is 1. The number of carbonyl (C=O) groups excluding carboxylic acids is 1. The highest BCUT2D eigenvalue weighted by Crippen LogP contribution is 2.31. The van der Waals surface area contributed by atoms with Crippen LogP contribution in [0.1, 0.15) is 0 Å². The van der Waals surface area contributed by atoms with Gasteiger partial charge in [0, 0.05) is 59.9 Å². The van der Waals surface area contributed by atoms with Gasteiger partial charge >= 0.3 is 0 Å². The van der Waals surface area contributed by atoms with E-state index in [0.29, 0.717) is 35.2 Å². The highest BCUT2D eigenvalue weighted by Gasteiger charge is 2.14. The molecule has 3 heterocycles. The molecule has 1 aliphatic rings. The van der Waals surface area contributed by atoms with Crippen molar-refractivity contribution in [1.29, 1.82) is 0 Å². The molecular formula is C29H32N8O2. The largest absolute Gasteiger partial charge is 0.383 e. The second-order valence-corrected chi connectivity index (χ2v) is 9.49. The van der Waals surface area contributed by atoms with Crippen molar-refractivity contribution >= 4 is 45.6 Å². The average molecular weight is 525 g/mol. The number of nitrogens with zero attached hydrogens (tertiary/aromatic N) is 5. The van der Waals surface area contributed by atoms with Crippen LogP contribution >= 0.6 is 0 Å². The van der Waals surface area contributed by atoms with E-state index in [1.165, 1.54) is 6.08 Å². The third-order valence-electron chi connectivity index (χ3n) is 6.30. The minimum Gasteiger partial charge on any atom is -0.383 e. The van der Waals surface area contributed by atoms with Crippen molar-refractivity contribution in [2.45, 2.75) is 0 Å².